The predicted molar refractivity (Wildman–Crippen MR) is 94.0 cm³/mol. The van der Waals surface area contributed by atoms with Gasteiger partial charge in [0.1, 0.15) is 11.6 Å². The van der Waals surface area contributed by atoms with E-state index in [-0.39, 0.29) is 18.5 Å². The summed E-state index contributed by atoms with van der Waals surface area (Å²) < 4.78 is 27.3. The molecule has 2 aromatic rings. The van der Waals surface area contributed by atoms with Crippen LogP contribution in [-0.2, 0) is 13.1 Å². The summed E-state index contributed by atoms with van der Waals surface area (Å²) in [6.07, 6.45) is 0.676. The van der Waals surface area contributed by atoms with Crippen molar-refractivity contribution in [2.75, 3.05) is 26.2 Å². The molecule has 0 bridgehead atoms. The molecule has 0 radical (unpaired) electrons. The summed E-state index contributed by atoms with van der Waals surface area (Å²) in [7, 11) is 0. The van der Waals surface area contributed by atoms with Gasteiger partial charge in [-0.1, -0.05) is 30.3 Å². The predicted octanol–water partition coefficient (Wildman–Crippen LogP) is 3.03. The number of halogens is 2. The van der Waals surface area contributed by atoms with Crippen LogP contribution in [0, 0.1) is 11.6 Å². The maximum atomic E-state index is 13.9. The van der Waals surface area contributed by atoms with Crippen molar-refractivity contribution in [1.82, 2.24) is 9.80 Å². The SMILES string of the molecule is OCC[C@@H]1CN(Cc2cc(F)ccc2F)CCN1Cc1ccccc1. The molecule has 1 N–H and O–H groups in total. The van der Waals surface area contributed by atoms with Gasteiger partial charge in [-0.2, -0.15) is 0 Å². The van der Waals surface area contributed by atoms with Gasteiger partial charge >= 0.3 is 0 Å². The van der Waals surface area contributed by atoms with Crippen LogP contribution in [0.25, 0.3) is 0 Å². The van der Waals surface area contributed by atoms with Gasteiger partial charge in [-0.3, -0.25) is 9.80 Å². The summed E-state index contributed by atoms with van der Waals surface area (Å²) in [6.45, 7) is 3.74. The Bertz CT molecular complexity index is 681. The van der Waals surface area contributed by atoms with Gasteiger partial charge in [0.25, 0.3) is 0 Å². The Labute approximate surface area is 147 Å². The molecule has 3 rings (SSSR count). The van der Waals surface area contributed by atoms with E-state index in [1.54, 1.807) is 0 Å². The first-order valence-electron chi connectivity index (χ1n) is 8.71. The van der Waals surface area contributed by atoms with E-state index in [1.807, 2.05) is 18.2 Å². The highest BCUT2D eigenvalue weighted by molar-refractivity contribution is 5.19. The lowest BCUT2D eigenvalue weighted by Crippen LogP contribution is -2.52. The molecule has 25 heavy (non-hydrogen) atoms. The molecule has 1 atom stereocenters. The van der Waals surface area contributed by atoms with E-state index in [0.29, 0.717) is 18.5 Å². The maximum Gasteiger partial charge on any atom is 0.127 e. The lowest BCUT2D eigenvalue weighted by atomic mass is 10.1. The average molecular weight is 346 g/mol. The van der Waals surface area contributed by atoms with E-state index >= 15 is 0 Å². The van der Waals surface area contributed by atoms with Crippen molar-refractivity contribution in [3.05, 3.63) is 71.3 Å². The number of benzene rings is 2. The Hall–Kier alpha value is -1.82. The second-order valence-electron chi connectivity index (χ2n) is 6.59. The fourth-order valence-electron chi connectivity index (χ4n) is 3.46. The number of hydrogen-bond acceptors (Lipinski definition) is 3. The second-order valence-corrected chi connectivity index (χ2v) is 6.59. The first-order chi connectivity index (χ1) is 12.2. The summed E-state index contributed by atoms with van der Waals surface area (Å²) >= 11 is 0. The van der Waals surface area contributed by atoms with Gasteiger partial charge in [-0.05, 0) is 30.2 Å². The van der Waals surface area contributed by atoms with Crippen LogP contribution in [0.2, 0.25) is 0 Å². The zero-order chi connectivity index (χ0) is 17.6. The maximum absolute atomic E-state index is 13.9. The van der Waals surface area contributed by atoms with E-state index in [2.05, 4.69) is 21.9 Å². The molecule has 0 spiro atoms. The van der Waals surface area contributed by atoms with Crippen LogP contribution >= 0.6 is 0 Å². The van der Waals surface area contributed by atoms with Crippen LogP contribution < -0.4 is 0 Å². The number of hydrogen-bond donors (Lipinski definition) is 1. The van der Waals surface area contributed by atoms with Crippen LogP contribution in [0.4, 0.5) is 8.78 Å². The zero-order valence-corrected chi connectivity index (χ0v) is 14.2. The number of aliphatic hydroxyl groups excluding tert-OH is 1. The molecule has 1 aliphatic rings. The number of nitrogens with zero attached hydrogens (tertiary/aromatic N) is 2. The van der Waals surface area contributed by atoms with Crippen LogP contribution in [0.5, 0.6) is 0 Å². The molecule has 0 unspecified atom stereocenters. The Kier molecular flexibility index (Phi) is 6.13. The standard InChI is InChI=1S/C20H24F2N2O/c21-18-6-7-20(22)17(12-18)14-23-9-10-24(19(15-23)8-11-25)13-16-4-2-1-3-5-16/h1-7,12,19,25H,8-11,13-15H2/t19-/m1/s1. The number of rotatable bonds is 6. The lowest BCUT2D eigenvalue weighted by Gasteiger charge is -2.41. The van der Waals surface area contributed by atoms with Gasteiger partial charge in [-0.15, -0.1) is 0 Å². The first kappa shape index (κ1) is 18.0. The van der Waals surface area contributed by atoms with Gasteiger partial charge in [0.15, 0.2) is 0 Å². The molecule has 1 aliphatic heterocycles. The Morgan fingerprint density at radius 1 is 1.00 bits per heavy atom. The summed E-state index contributed by atoms with van der Waals surface area (Å²) in [4.78, 5) is 4.50. The Morgan fingerprint density at radius 3 is 2.56 bits per heavy atom. The van der Waals surface area contributed by atoms with Gasteiger partial charge in [-0.25, -0.2) is 8.78 Å². The molecular weight excluding hydrogens is 322 g/mol. The highest BCUT2D eigenvalue weighted by Gasteiger charge is 2.27. The highest BCUT2D eigenvalue weighted by Crippen LogP contribution is 2.19. The van der Waals surface area contributed by atoms with Crippen LogP contribution in [-0.4, -0.2) is 47.2 Å². The van der Waals surface area contributed by atoms with Crippen molar-refractivity contribution in [1.29, 1.82) is 0 Å². The molecule has 1 heterocycles. The van der Waals surface area contributed by atoms with E-state index in [4.69, 9.17) is 0 Å². The molecular formula is C20H24F2N2O. The highest BCUT2D eigenvalue weighted by atomic mass is 19.1. The van der Waals surface area contributed by atoms with Crippen molar-refractivity contribution in [3.63, 3.8) is 0 Å². The van der Waals surface area contributed by atoms with E-state index in [0.717, 1.165) is 32.2 Å². The molecule has 1 saturated heterocycles. The lowest BCUT2D eigenvalue weighted by molar-refractivity contribution is 0.0494. The van der Waals surface area contributed by atoms with Gasteiger partial charge in [0, 0.05) is 50.9 Å². The summed E-state index contributed by atoms with van der Waals surface area (Å²) in [6, 6.07) is 14.1. The quantitative estimate of drug-likeness (QED) is 0.871. The molecule has 1 fully saturated rings. The average Bonchev–Trinajstić information content (AvgIpc) is 2.61. The second kappa shape index (κ2) is 8.52. The molecule has 0 aliphatic carbocycles. The van der Waals surface area contributed by atoms with E-state index in [9.17, 15) is 13.9 Å². The molecule has 2 aromatic carbocycles. The molecule has 0 amide bonds. The van der Waals surface area contributed by atoms with E-state index < -0.39 is 5.82 Å². The fraction of sp³-hybridized carbons (Fsp3) is 0.400. The largest absolute Gasteiger partial charge is 0.396 e. The molecule has 5 heteroatoms. The van der Waals surface area contributed by atoms with Crippen molar-refractivity contribution in [3.8, 4) is 0 Å². The summed E-state index contributed by atoms with van der Waals surface area (Å²) in [5.41, 5.74) is 1.63. The number of aliphatic hydroxyl groups is 1. The van der Waals surface area contributed by atoms with Gasteiger partial charge in [0.05, 0.1) is 0 Å². The third-order valence-electron chi connectivity index (χ3n) is 4.78. The molecule has 3 nitrogen and oxygen atoms in total. The van der Waals surface area contributed by atoms with Crippen LogP contribution in [0.15, 0.2) is 48.5 Å². The monoisotopic (exact) mass is 346 g/mol. The van der Waals surface area contributed by atoms with Gasteiger partial charge in [0.2, 0.25) is 0 Å². The Morgan fingerprint density at radius 2 is 1.80 bits per heavy atom. The number of piperazine rings is 1. The van der Waals surface area contributed by atoms with Gasteiger partial charge < -0.3 is 5.11 Å². The fourth-order valence-corrected chi connectivity index (χ4v) is 3.46. The third kappa shape index (κ3) is 4.84. The van der Waals surface area contributed by atoms with E-state index in [1.165, 1.54) is 17.7 Å². The minimum Gasteiger partial charge on any atom is -0.396 e. The summed E-state index contributed by atoms with van der Waals surface area (Å²) in [5.74, 6) is -0.780. The summed E-state index contributed by atoms with van der Waals surface area (Å²) in [5, 5.41) is 9.40. The van der Waals surface area contributed by atoms with Crippen molar-refractivity contribution < 1.29 is 13.9 Å². The normalized spacial score (nSPS) is 19.2. The minimum atomic E-state index is -0.411. The van der Waals surface area contributed by atoms with Crippen molar-refractivity contribution in [2.24, 2.45) is 0 Å². The molecule has 134 valence electrons. The zero-order valence-electron chi connectivity index (χ0n) is 14.2. The first-order valence-corrected chi connectivity index (χ1v) is 8.71. The van der Waals surface area contributed by atoms with Crippen molar-refractivity contribution >= 4 is 0 Å². The smallest absolute Gasteiger partial charge is 0.127 e. The minimum absolute atomic E-state index is 0.123. The molecule has 0 aromatic heterocycles. The Balaban J connectivity index is 1.65. The van der Waals surface area contributed by atoms with Crippen molar-refractivity contribution in [2.45, 2.75) is 25.6 Å². The third-order valence-corrected chi connectivity index (χ3v) is 4.78. The van der Waals surface area contributed by atoms with Crippen LogP contribution in [0.1, 0.15) is 17.5 Å². The molecule has 0 saturated carbocycles. The van der Waals surface area contributed by atoms with Crippen LogP contribution in [0.3, 0.4) is 0 Å². The topological polar surface area (TPSA) is 26.7 Å².